The third kappa shape index (κ3) is 4.75. The zero-order valence-corrected chi connectivity index (χ0v) is 37.0. The van der Waals surface area contributed by atoms with Gasteiger partial charge in [-0.3, -0.25) is 0 Å². The lowest BCUT2D eigenvalue weighted by molar-refractivity contribution is 0.660. The Morgan fingerprint density at radius 1 is 0.313 bits per heavy atom. The van der Waals surface area contributed by atoms with Crippen LogP contribution in [0.25, 0.3) is 88.4 Å². The summed E-state index contributed by atoms with van der Waals surface area (Å²) >= 11 is 0. The molecule has 12 aromatic rings. The molecule has 1 spiro atoms. The van der Waals surface area contributed by atoms with Gasteiger partial charge in [-0.1, -0.05) is 172 Å². The Bertz CT molecular complexity index is 4110. The van der Waals surface area contributed by atoms with Crippen LogP contribution < -0.4 is 4.90 Å². The van der Waals surface area contributed by atoms with Gasteiger partial charge in [0.2, 0.25) is 0 Å². The van der Waals surface area contributed by atoms with Crippen molar-refractivity contribution in [1.82, 2.24) is 0 Å². The Morgan fingerprint density at radius 3 is 1.48 bits per heavy atom. The van der Waals surface area contributed by atoms with Gasteiger partial charge in [0.05, 0.1) is 11.1 Å². The number of hydrogen-bond acceptors (Lipinski definition) is 3. The molecule has 3 heteroatoms. The highest BCUT2D eigenvalue weighted by molar-refractivity contribution is 6.11. The van der Waals surface area contributed by atoms with Crippen LogP contribution in [0.2, 0.25) is 0 Å². The predicted molar refractivity (Wildman–Crippen MR) is 275 cm³/mol. The van der Waals surface area contributed by atoms with Gasteiger partial charge in [0.25, 0.3) is 0 Å². The van der Waals surface area contributed by atoms with Crippen molar-refractivity contribution in [3.05, 3.63) is 246 Å². The number of para-hydroxylation sites is 3. The summed E-state index contributed by atoms with van der Waals surface area (Å²) in [6.45, 7) is 4.73. The highest BCUT2D eigenvalue weighted by atomic mass is 16.3. The van der Waals surface area contributed by atoms with Crippen LogP contribution in [-0.2, 0) is 10.8 Å². The van der Waals surface area contributed by atoms with Crippen LogP contribution in [0.5, 0.6) is 0 Å². The van der Waals surface area contributed by atoms with E-state index in [2.05, 4.69) is 231 Å². The zero-order chi connectivity index (χ0) is 44.2. The highest BCUT2D eigenvalue weighted by Crippen LogP contribution is 2.63. The fraction of sp³-hybridized carbons (Fsp3) is 0.0625. The Kier molecular flexibility index (Phi) is 7.22. The van der Waals surface area contributed by atoms with Gasteiger partial charge < -0.3 is 13.7 Å². The van der Waals surface area contributed by atoms with E-state index >= 15 is 0 Å². The monoisotopic (exact) mass is 855 g/mol. The molecule has 2 heterocycles. The molecule has 2 aromatic heterocycles. The third-order valence-corrected chi connectivity index (χ3v) is 15.5. The Morgan fingerprint density at radius 2 is 0.791 bits per heavy atom. The number of hydrogen-bond donors (Lipinski definition) is 0. The number of nitrogens with zero attached hydrogens (tertiary/aromatic N) is 1. The van der Waals surface area contributed by atoms with E-state index in [1.807, 2.05) is 0 Å². The molecule has 10 aromatic carbocycles. The van der Waals surface area contributed by atoms with Gasteiger partial charge in [0.1, 0.15) is 16.7 Å². The average molecular weight is 856 g/mol. The van der Waals surface area contributed by atoms with Crippen LogP contribution in [-0.4, -0.2) is 0 Å². The second kappa shape index (κ2) is 13.1. The maximum Gasteiger partial charge on any atom is 0.159 e. The SMILES string of the molecule is CC1(C)c2ccccc2-c2ccc(N(c3ccc4c(c3)C3(c5ccccc5-c5ccccc5-4)c4ccccc4-c4cc5oc6ccccc6c5cc43)c3cccc4c3oc3ccccc34)cc21. The van der Waals surface area contributed by atoms with Crippen molar-refractivity contribution < 1.29 is 8.83 Å². The summed E-state index contributed by atoms with van der Waals surface area (Å²) in [5, 5.41) is 4.45. The molecule has 0 fully saturated rings. The van der Waals surface area contributed by atoms with Crippen molar-refractivity contribution in [3.63, 3.8) is 0 Å². The molecule has 3 aliphatic carbocycles. The molecule has 314 valence electrons. The first-order valence-corrected chi connectivity index (χ1v) is 23.3. The molecule has 0 saturated carbocycles. The second-order valence-electron chi connectivity index (χ2n) is 19.1. The molecule has 15 rings (SSSR count). The van der Waals surface area contributed by atoms with Gasteiger partial charge in [-0.25, -0.2) is 0 Å². The average Bonchev–Trinajstić information content (AvgIpc) is 4.07. The van der Waals surface area contributed by atoms with Crippen molar-refractivity contribution in [1.29, 1.82) is 0 Å². The van der Waals surface area contributed by atoms with E-state index in [9.17, 15) is 0 Å². The van der Waals surface area contributed by atoms with Gasteiger partial charge in [-0.15, -0.1) is 0 Å². The normalized spacial score (nSPS) is 15.8. The van der Waals surface area contributed by atoms with Crippen LogP contribution in [0.15, 0.2) is 221 Å². The largest absolute Gasteiger partial charge is 0.456 e. The van der Waals surface area contributed by atoms with E-state index in [1.54, 1.807) is 0 Å². The smallest absolute Gasteiger partial charge is 0.159 e. The van der Waals surface area contributed by atoms with Crippen molar-refractivity contribution in [2.45, 2.75) is 24.7 Å². The van der Waals surface area contributed by atoms with Crippen molar-refractivity contribution >= 4 is 60.9 Å². The number of benzene rings is 10. The van der Waals surface area contributed by atoms with Crippen LogP contribution >= 0.6 is 0 Å². The van der Waals surface area contributed by atoms with Crippen LogP contribution in [0.4, 0.5) is 17.1 Å². The minimum absolute atomic E-state index is 0.190. The Hall–Kier alpha value is -8.40. The van der Waals surface area contributed by atoms with Gasteiger partial charge in [-0.2, -0.15) is 0 Å². The molecule has 1 atom stereocenters. The molecule has 3 nitrogen and oxygen atoms in total. The number of rotatable bonds is 3. The third-order valence-electron chi connectivity index (χ3n) is 15.5. The number of furan rings is 2. The molecule has 0 amide bonds. The molecule has 0 aliphatic heterocycles. The fourth-order valence-corrected chi connectivity index (χ4v) is 12.6. The molecule has 0 N–H and O–H groups in total. The first-order chi connectivity index (χ1) is 33.0. The first-order valence-electron chi connectivity index (χ1n) is 23.3. The molecular weight excluding hydrogens is 815 g/mol. The van der Waals surface area contributed by atoms with Crippen LogP contribution in [0.3, 0.4) is 0 Å². The summed E-state index contributed by atoms with van der Waals surface area (Å²) in [6, 6.07) is 78.6. The van der Waals surface area contributed by atoms with Crippen LogP contribution in [0, 0.1) is 0 Å². The number of fused-ring (bicyclic) bond motifs is 21. The minimum Gasteiger partial charge on any atom is -0.456 e. The van der Waals surface area contributed by atoms with E-state index in [0.29, 0.717) is 0 Å². The van der Waals surface area contributed by atoms with E-state index in [0.717, 1.165) is 60.9 Å². The molecule has 0 bridgehead atoms. The molecule has 3 aliphatic rings. The maximum atomic E-state index is 6.92. The summed E-state index contributed by atoms with van der Waals surface area (Å²) in [6.07, 6.45) is 0. The van der Waals surface area contributed by atoms with Crippen molar-refractivity contribution in [2.75, 3.05) is 4.90 Å². The predicted octanol–water partition coefficient (Wildman–Crippen LogP) is 17.3. The first kappa shape index (κ1) is 36.9. The molecule has 0 radical (unpaired) electrons. The summed E-state index contributed by atoms with van der Waals surface area (Å²) in [5.41, 5.74) is 23.4. The van der Waals surface area contributed by atoms with Gasteiger partial charge >= 0.3 is 0 Å². The molecule has 1 unspecified atom stereocenters. The van der Waals surface area contributed by atoms with E-state index in [4.69, 9.17) is 8.83 Å². The lowest BCUT2D eigenvalue weighted by atomic mass is 9.65. The zero-order valence-electron chi connectivity index (χ0n) is 37.0. The van der Waals surface area contributed by atoms with Gasteiger partial charge in [0, 0.05) is 38.3 Å². The van der Waals surface area contributed by atoms with Crippen molar-refractivity contribution in [3.8, 4) is 44.5 Å². The Labute approximate surface area is 387 Å². The topological polar surface area (TPSA) is 29.5 Å². The van der Waals surface area contributed by atoms with Gasteiger partial charge in [0.15, 0.2) is 5.58 Å². The highest BCUT2D eigenvalue weighted by Gasteiger charge is 2.50. The molecule has 0 saturated heterocycles. The summed E-state index contributed by atoms with van der Waals surface area (Å²) in [4.78, 5) is 2.45. The number of anilines is 3. The summed E-state index contributed by atoms with van der Waals surface area (Å²) in [5.74, 6) is 0. The second-order valence-corrected chi connectivity index (χ2v) is 19.1. The van der Waals surface area contributed by atoms with E-state index in [-0.39, 0.29) is 5.41 Å². The fourth-order valence-electron chi connectivity index (χ4n) is 12.6. The molecule has 67 heavy (non-hydrogen) atoms. The van der Waals surface area contributed by atoms with E-state index < -0.39 is 5.41 Å². The maximum absolute atomic E-state index is 6.92. The lowest BCUT2D eigenvalue weighted by Gasteiger charge is -2.36. The van der Waals surface area contributed by atoms with Crippen molar-refractivity contribution in [2.24, 2.45) is 0 Å². The standard InChI is InChI=1S/C64H41NO2/c1-63(2)52-24-10-5-19-43(52)46-33-31-38(34-55(46)63)65(58-27-15-23-49-47-21-8-14-29-60(47)67-62(49)58)39-30-32-45-41-17-4-3-16-40(41)42-18-6-11-25-53(42)64(56(45)35-39)54-26-12-7-20-44(54)50-37-61-51(36-57(50)64)48-22-9-13-28-59(48)66-61/h3-37H,1-2H3. The minimum atomic E-state index is -0.710. The molecular formula is C64H41NO2. The summed E-state index contributed by atoms with van der Waals surface area (Å²) < 4.78 is 13.6. The lowest BCUT2D eigenvalue weighted by Crippen LogP contribution is -2.29. The summed E-state index contributed by atoms with van der Waals surface area (Å²) in [7, 11) is 0. The van der Waals surface area contributed by atoms with Gasteiger partial charge in [-0.05, 0) is 132 Å². The Balaban J connectivity index is 1.08. The van der Waals surface area contributed by atoms with Crippen LogP contribution in [0.1, 0.15) is 47.2 Å². The van der Waals surface area contributed by atoms with E-state index in [1.165, 1.54) is 77.9 Å². The quantitative estimate of drug-likeness (QED) is 0.177.